The Morgan fingerprint density at radius 1 is 1.21 bits per heavy atom. The zero-order valence-electron chi connectivity index (χ0n) is 19.3. The first-order chi connectivity index (χ1) is 16.4. The van der Waals surface area contributed by atoms with Gasteiger partial charge in [-0.1, -0.05) is 35.9 Å². The van der Waals surface area contributed by atoms with Crippen LogP contribution in [0.2, 0.25) is 0 Å². The van der Waals surface area contributed by atoms with E-state index in [2.05, 4.69) is 0 Å². The number of nitrogens with two attached hydrogens (primary N) is 1. The van der Waals surface area contributed by atoms with Crippen molar-refractivity contribution in [2.45, 2.75) is 38.8 Å². The second-order valence-corrected chi connectivity index (χ2v) is 8.85. The molecule has 0 spiro atoms. The molecule has 0 aliphatic carbocycles. The first-order valence-corrected chi connectivity index (χ1v) is 11.6. The summed E-state index contributed by atoms with van der Waals surface area (Å²) in [5.41, 5.74) is 10.6. The molecule has 1 aliphatic heterocycles. The van der Waals surface area contributed by atoms with E-state index in [1.807, 2.05) is 41.8 Å². The van der Waals surface area contributed by atoms with Gasteiger partial charge in [0.15, 0.2) is 0 Å². The SMILES string of the molecule is Cc1ccc(-c2c(-c3ccc(C#N)c(F)c3)cc(C(=O)N3CCC[C@@H](N)C3)n2CCCO)cc1. The average molecular weight is 461 g/mol. The highest BCUT2D eigenvalue weighted by Crippen LogP contribution is 2.37. The molecule has 3 N–H and O–H groups in total. The number of aliphatic hydroxyl groups is 1. The van der Waals surface area contributed by atoms with Crippen molar-refractivity contribution in [3.05, 3.63) is 71.2 Å². The second kappa shape index (κ2) is 10.2. The lowest BCUT2D eigenvalue weighted by molar-refractivity contribution is 0.0697. The lowest BCUT2D eigenvalue weighted by Crippen LogP contribution is -2.46. The maximum absolute atomic E-state index is 14.6. The lowest BCUT2D eigenvalue weighted by atomic mass is 9.99. The van der Waals surface area contributed by atoms with Crippen molar-refractivity contribution in [1.82, 2.24) is 9.47 Å². The summed E-state index contributed by atoms with van der Waals surface area (Å²) in [6, 6.07) is 16.1. The zero-order chi connectivity index (χ0) is 24.2. The largest absolute Gasteiger partial charge is 0.396 e. The van der Waals surface area contributed by atoms with Crippen LogP contribution in [-0.2, 0) is 6.54 Å². The van der Waals surface area contributed by atoms with Crippen molar-refractivity contribution in [2.75, 3.05) is 19.7 Å². The topological polar surface area (TPSA) is 95.3 Å². The monoisotopic (exact) mass is 460 g/mol. The molecule has 1 atom stereocenters. The summed E-state index contributed by atoms with van der Waals surface area (Å²) in [6.07, 6.45) is 2.21. The summed E-state index contributed by atoms with van der Waals surface area (Å²) in [6.45, 7) is 3.54. The number of hydrogen-bond donors (Lipinski definition) is 2. The van der Waals surface area contributed by atoms with E-state index in [0.29, 0.717) is 42.9 Å². The van der Waals surface area contributed by atoms with Crippen LogP contribution in [0, 0.1) is 24.1 Å². The molecule has 0 saturated carbocycles. The summed E-state index contributed by atoms with van der Waals surface area (Å²) in [4.78, 5) is 15.4. The number of aliphatic hydroxyl groups excluding tert-OH is 1. The van der Waals surface area contributed by atoms with Crippen LogP contribution in [-0.4, -0.2) is 46.2 Å². The number of rotatable bonds is 6. The Morgan fingerprint density at radius 2 is 1.94 bits per heavy atom. The lowest BCUT2D eigenvalue weighted by Gasteiger charge is -2.31. The highest BCUT2D eigenvalue weighted by molar-refractivity contribution is 5.98. The summed E-state index contributed by atoms with van der Waals surface area (Å²) in [5.74, 6) is -0.727. The normalized spacial score (nSPS) is 15.9. The predicted molar refractivity (Wildman–Crippen MR) is 130 cm³/mol. The van der Waals surface area contributed by atoms with E-state index >= 15 is 0 Å². The quantitative estimate of drug-likeness (QED) is 0.579. The number of aromatic nitrogens is 1. The molecule has 0 bridgehead atoms. The number of nitrogens with zero attached hydrogens (tertiary/aromatic N) is 3. The molecule has 176 valence electrons. The Bertz CT molecular complexity index is 1230. The van der Waals surface area contributed by atoms with Crippen LogP contribution in [0.15, 0.2) is 48.5 Å². The van der Waals surface area contributed by atoms with Crippen LogP contribution in [0.25, 0.3) is 22.4 Å². The fourth-order valence-corrected chi connectivity index (χ4v) is 4.56. The van der Waals surface area contributed by atoms with Crippen LogP contribution in [0.3, 0.4) is 0 Å². The van der Waals surface area contributed by atoms with E-state index in [4.69, 9.17) is 11.0 Å². The molecular formula is C27H29FN4O2. The molecule has 1 fully saturated rings. The number of carbonyl (C=O) groups excluding carboxylic acids is 1. The predicted octanol–water partition coefficient (Wildman–Crippen LogP) is 4.09. The van der Waals surface area contributed by atoms with E-state index in [0.717, 1.165) is 29.7 Å². The number of hydrogen-bond acceptors (Lipinski definition) is 4. The van der Waals surface area contributed by atoms with E-state index < -0.39 is 5.82 Å². The van der Waals surface area contributed by atoms with Gasteiger partial charge in [-0.15, -0.1) is 0 Å². The van der Waals surface area contributed by atoms with Crippen LogP contribution in [0.5, 0.6) is 0 Å². The van der Waals surface area contributed by atoms with Gasteiger partial charge >= 0.3 is 0 Å². The van der Waals surface area contributed by atoms with Crippen molar-refractivity contribution in [2.24, 2.45) is 5.73 Å². The minimum atomic E-state index is -0.604. The number of piperidine rings is 1. The van der Waals surface area contributed by atoms with E-state index in [1.165, 1.54) is 12.1 Å². The number of nitriles is 1. The minimum Gasteiger partial charge on any atom is -0.396 e. The molecule has 1 saturated heterocycles. The first kappa shape index (κ1) is 23.7. The molecule has 0 unspecified atom stereocenters. The molecule has 7 heteroatoms. The Balaban J connectivity index is 1.92. The van der Waals surface area contributed by atoms with Gasteiger partial charge in [0.05, 0.1) is 11.3 Å². The first-order valence-electron chi connectivity index (χ1n) is 11.6. The maximum Gasteiger partial charge on any atom is 0.270 e. The summed E-state index contributed by atoms with van der Waals surface area (Å²) < 4.78 is 16.5. The molecule has 34 heavy (non-hydrogen) atoms. The molecule has 2 aromatic carbocycles. The number of aryl methyl sites for hydroxylation is 1. The van der Waals surface area contributed by atoms with Gasteiger partial charge < -0.3 is 20.3 Å². The van der Waals surface area contributed by atoms with Crippen molar-refractivity contribution < 1.29 is 14.3 Å². The molecule has 1 aliphatic rings. The number of halogens is 1. The third kappa shape index (κ3) is 4.74. The molecule has 1 amide bonds. The number of benzene rings is 2. The Labute approximate surface area is 199 Å². The average Bonchev–Trinajstić information content (AvgIpc) is 3.22. The van der Waals surface area contributed by atoms with E-state index in [1.54, 1.807) is 17.0 Å². The van der Waals surface area contributed by atoms with Gasteiger partial charge in [0.2, 0.25) is 0 Å². The van der Waals surface area contributed by atoms with Gasteiger partial charge in [0.25, 0.3) is 5.91 Å². The minimum absolute atomic E-state index is 0.0193. The Morgan fingerprint density at radius 3 is 2.59 bits per heavy atom. The van der Waals surface area contributed by atoms with Gasteiger partial charge in [-0.05, 0) is 55.5 Å². The third-order valence-electron chi connectivity index (χ3n) is 6.33. The van der Waals surface area contributed by atoms with Gasteiger partial charge in [-0.2, -0.15) is 5.26 Å². The third-order valence-corrected chi connectivity index (χ3v) is 6.33. The fourth-order valence-electron chi connectivity index (χ4n) is 4.56. The Hall–Kier alpha value is -3.47. The number of likely N-dealkylation sites (tertiary alicyclic amines) is 1. The summed E-state index contributed by atoms with van der Waals surface area (Å²) in [7, 11) is 0. The van der Waals surface area contributed by atoms with Crippen molar-refractivity contribution in [3.63, 3.8) is 0 Å². The smallest absolute Gasteiger partial charge is 0.270 e. The second-order valence-electron chi connectivity index (χ2n) is 8.85. The summed E-state index contributed by atoms with van der Waals surface area (Å²) in [5, 5.41) is 18.7. The van der Waals surface area contributed by atoms with Gasteiger partial charge in [0.1, 0.15) is 17.6 Å². The standard InChI is InChI=1S/C27H29FN4O2/c1-18-5-7-19(8-6-18)26-23(20-9-10-21(16-29)24(28)14-20)15-25(32(26)12-3-13-33)27(34)31-11-2-4-22(30)17-31/h5-10,14-15,22,33H,2-4,11-13,17,30H2,1H3/t22-/m1/s1. The van der Waals surface area contributed by atoms with E-state index in [9.17, 15) is 14.3 Å². The van der Waals surface area contributed by atoms with Crippen LogP contribution >= 0.6 is 0 Å². The van der Waals surface area contributed by atoms with Crippen LogP contribution < -0.4 is 5.73 Å². The fraction of sp³-hybridized carbons (Fsp3) is 0.333. The van der Waals surface area contributed by atoms with Gasteiger partial charge in [-0.3, -0.25) is 4.79 Å². The molecule has 6 nitrogen and oxygen atoms in total. The molecule has 3 aromatic rings. The Kier molecular flexibility index (Phi) is 7.11. The highest BCUT2D eigenvalue weighted by Gasteiger charge is 2.28. The molecule has 0 radical (unpaired) electrons. The summed E-state index contributed by atoms with van der Waals surface area (Å²) >= 11 is 0. The van der Waals surface area contributed by atoms with Crippen LogP contribution in [0.4, 0.5) is 4.39 Å². The molecular weight excluding hydrogens is 431 g/mol. The highest BCUT2D eigenvalue weighted by atomic mass is 19.1. The molecule has 4 rings (SSSR count). The van der Waals surface area contributed by atoms with E-state index in [-0.39, 0.29) is 24.1 Å². The number of amides is 1. The van der Waals surface area contributed by atoms with Crippen molar-refractivity contribution in [1.29, 1.82) is 5.26 Å². The zero-order valence-corrected chi connectivity index (χ0v) is 19.3. The van der Waals surface area contributed by atoms with Gasteiger partial charge in [-0.25, -0.2) is 4.39 Å². The molecule has 1 aromatic heterocycles. The van der Waals surface area contributed by atoms with Gasteiger partial charge in [0, 0.05) is 37.8 Å². The van der Waals surface area contributed by atoms with Crippen molar-refractivity contribution >= 4 is 5.91 Å². The van der Waals surface area contributed by atoms with Crippen molar-refractivity contribution in [3.8, 4) is 28.5 Å². The number of carbonyl (C=O) groups is 1. The maximum atomic E-state index is 14.6. The van der Waals surface area contributed by atoms with Crippen LogP contribution in [0.1, 0.15) is 40.9 Å². The molecule has 2 heterocycles.